The maximum atomic E-state index is 14.2. The first-order valence-electron chi connectivity index (χ1n) is 20.7. The maximum Gasteiger partial charge on any atom is 0.337 e. The SMILES string of the molecule is CC(F)C#N.CC(F)C(=O)C[C@@H](CO)C(=O)N(C)[C@@H]1C(=O)C[C@@H](C)C(=O)N[C@H](C(=O)CCC#N)Cc2ccc(OCCN)c(c2)-c2cc1ccc2OCCN.CC(F)C(=O)O.CC(O)C#N. The number of alkyl halides is 3. The van der Waals surface area contributed by atoms with Crippen molar-refractivity contribution in [2.75, 3.05) is 40.0 Å². The van der Waals surface area contributed by atoms with E-state index in [0.717, 1.165) is 18.7 Å². The summed E-state index contributed by atoms with van der Waals surface area (Å²) in [6.07, 6.45) is -6.70. The van der Waals surface area contributed by atoms with Crippen molar-refractivity contribution >= 4 is 35.1 Å². The van der Waals surface area contributed by atoms with Crippen LogP contribution in [0.15, 0.2) is 36.4 Å². The van der Waals surface area contributed by atoms with E-state index in [0.29, 0.717) is 33.8 Å². The Morgan fingerprint density at radius 3 is 1.85 bits per heavy atom. The highest BCUT2D eigenvalue weighted by molar-refractivity contribution is 5.96. The van der Waals surface area contributed by atoms with Gasteiger partial charge in [-0.15, -0.1) is 0 Å². The number of carbonyl (C=O) groups is 6. The lowest BCUT2D eigenvalue weighted by Crippen LogP contribution is -2.46. The van der Waals surface area contributed by atoms with Gasteiger partial charge in [0.1, 0.15) is 36.9 Å². The number of halogens is 3. The van der Waals surface area contributed by atoms with Gasteiger partial charge in [0.15, 0.2) is 35.9 Å². The molecule has 4 bridgehead atoms. The Balaban J connectivity index is 0.00000225. The van der Waals surface area contributed by atoms with Crippen molar-refractivity contribution in [3.8, 4) is 40.8 Å². The van der Waals surface area contributed by atoms with Crippen LogP contribution in [0.1, 0.15) is 77.5 Å². The third kappa shape index (κ3) is 21.0. The molecule has 1 aliphatic rings. The first kappa shape index (κ1) is 59.6. The molecule has 21 heteroatoms. The summed E-state index contributed by atoms with van der Waals surface area (Å²) in [6, 6.07) is 12.6. The number of nitrogens with zero attached hydrogens (tertiary/aromatic N) is 4. The molecule has 3 rings (SSSR count). The number of likely N-dealkylation sites (N-methyl/N-ethyl adjacent to an activating group) is 1. The number of fused-ring (bicyclic) bond motifs is 5. The average molecular weight is 932 g/mol. The van der Waals surface area contributed by atoms with E-state index in [2.05, 4.69) is 5.32 Å². The summed E-state index contributed by atoms with van der Waals surface area (Å²) in [5.41, 5.74) is 13.4. The van der Waals surface area contributed by atoms with E-state index in [1.165, 1.54) is 33.9 Å². The number of aliphatic hydroxyl groups excluding tert-OH is 2. The van der Waals surface area contributed by atoms with Gasteiger partial charge in [0.05, 0.1) is 36.8 Å². The summed E-state index contributed by atoms with van der Waals surface area (Å²) in [7, 11) is 1.34. The molecular weight excluding hydrogens is 872 g/mol. The lowest BCUT2D eigenvalue weighted by molar-refractivity contribution is -0.145. The topological polar surface area (TPSA) is 320 Å². The molecule has 0 saturated heterocycles. The number of nitrogens with two attached hydrogens (primary N) is 2. The lowest BCUT2D eigenvalue weighted by Gasteiger charge is -2.32. The van der Waals surface area contributed by atoms with Crippen LogP contribution in [0.25, 0.3) is 11.1 Å². The van der Waals surface area contributed by atoms with Gasteiger partial charge in [0, 0.05) is 62.9 Å². The summed E-state index contributed by atoms with van der Waals surface area (Å²) < 4.78 is 48.0. The molecule has 1 heterocycles. The van der Waals surface area contributed by atoms with Gasteiger partial charge in [0.2, 0.25) is 11.8 Å². The number of hydrogen-bond acceptors (Lipinski definition) is 15. The van der Waals surface area contributed by atoms with Crippen LogP contribution >= 0.6 is 0 Å². The third-order valence-electron chi connectivity index (χ3n) is 9.19. The van der Waals surface area contributed by atoms with Crippen molar-refractivity contribution in [2.24, 2.45) is 23.3 Å². The van der Waals surface area contributed by atoms with E-state index >= 15 is 0 Å². The minimum Gasteiger partial charge on any atom is -0.492 e. The summed E-state index contributed by atoms with van der Waals surface area (Å²) >= 11 is 0. The predicted octanol–water partition coefficient (Wildman–Crippen LogP) is 3.15. The second-order valence-corrected chi connectivity index (χ2v) is 14.8. The zero-order valence-corrected chi connectivity index (χ0v) is 37.8. The van der Waals surface area contributed by atoms with E-state index in [4.69, 9.17) is 46.9 Å². The summed E-state index contributed by atoms with van der Waals surface area (Å²) in [4.78, 5) is 77.3. The minimum atomic E-state index is -1.86. The Labute approximate surface area is 382 Å². The number of hydrogen-bond donors (Lipinski definition) is 6. The summed E-state index contributed by atoms with van der Waals surface area (Å²) in [6.45, 7) is 6.07. The quantitative estimate of drug-likeness (QED) is 0.132. The highest BCUT2D eigenvalue weighted by Gasteiger charge is 2.36. The molecule has 2 aromatic rings. The van der Waals surface area contributed by atoms with Gasteiger partial charge in [-0.05, 0) is 69.5 Å². The second kappa shape index (κ2) is 31.4. The van der Waals surface area contributed by atoms with Crippen LogP contribution in [0.5, 0.6) is 11.5 Å². The van der Waals surface area contributed by atoms with Crippen LogP contribution in [0.2, 0.25) is 0 Å². The molecule has 0 saturated carbocycles. The molecule has 0 fully saturated rings. The number of ketones is 3. The van der Waals surface area contributed by atoms with E-state index in [1.54, 1.807) is 42.5 Å². The number of carbonyl (C=O) groups excluding carboxylic acids is 5. The van der Waals surface area contributed by atoms with E-state index < -0.39 is 90.9 Å². The first-order chi connectivity index (χ1) is 31.0. The van der Waals surface area contributed by atoms with Gasteiger partial charge in [0.25, 0.3) is 0 Å². The second-order valence-electron chi connectivity index (χ2n) is 14.8. The zero-order chi connectivity index (χ0) is 50.7. The van der Waals surface area contributed by atoms with Gasteiger partial charge in [-0.1, -0.05) is 19.1 Å². The van der Waals surface area contributed by atoms with Crippen LogP contribution in [0.4, 0.5) is 13.2 Å². The maximum absolute atomic E-state index is 14.2. The molecule has 0 aromatic heterocycles. The predicted molar refractivity (Wildman–Crippen MR) is 233 cm³/mol. The van der Waals surface area contributed by atoms with E-state index in [-0.39, 0.29) is 57.8 Å². The largest absolute Gasteiger partial charge is 0.492 e. The van der Waals surface area contributed by atoms with Gasteiger partial charge < -0.3 is 46.5 Å². The zero-order valence-electron chi connectivity index (χ0n) is 37.8. The number of carboxylic acids is 1. The normalized spacial score (nSPS) is 17.5. The first-order valence-corrected chi connectivity index (χ1v) is 20.7. The van der Waals surface area contributed by atoms with Crippen molar-refractivity contribution in [1.82, 2.24) is 10.2 Å². The third-order valence-corrected chi connectivity index (χ3v) is 9.19. The average Bonchev–Trinajstić information content (AvgIpc) is 3.28. The van der Waals surface area contributed by atoms with Crippen molar-refractivity contribution in [2.45, 2.75) is 103 Å². The van der Waals surface area contributed by atoms with Crippen molar-refractivity contribution in [1.29, 1.82) is 15.8 Å². The lowest BCUT2D eigenvalue weighted by atomic mass is 9.88. The number of benzene rings is 2. The number of nitrogens with one attached hydrogen (secondary N) is 1. The number of Topliss-reactive ketones (excluding diaryl/α,β-unsaturated/α-hetero) is 3. The Morgan fingerprint density at radius 2 is 1.41 bits per heavy atom. The fourth-order valence-corrected chi connectivity index (χ4v) is 5.76. The Morgan fingerprint density at radius 1 is 0.894 bits per heavy atom. The number of aliphatic carboxylic acids is 1. The van der Waals surface area contributed by atoms with Crippen molar-refractivity contribution in [3.63, 3.8) is 0 Å². The van der Waals surface area contributed by atoms with Crippen LogP contribution in [-0.2, 0) is 35.2 Å². The van der Waals surface area contributed by atoms with Crippen LogP contribution in [-0.4, -0.2) is 126 Å². The van der Waals surface area contributed by atoms with Gasteiger partial charge in [-0.2, -0.15) is 15.8 Å². The number of rotatable bonds is 16. The molecule has 8 N–H and O–H groups in total. The standard InChI is InChI=1S/C36H46FN5O8.C3H4FN.C3H5FO2.C3H5NO/c1-21-15-31(46)34(42(3)36(48)25(20-43)19-30(45)22(2)37)24-7-9-33(50-14-12-40)27(18-24)26-16-23(6-8-32(26)49-13-11-39)17-28(41-35(21)47)29(44)5-4-10-38;1-3(4)2-5;1-2(4)3(5)6;1-3(5)2-4/h6-9,16,18,21-22,25,28,34,43H,4-5,11-15,17,19-20,39-40H2,1-3H3,(H,41,47);3H,1H3;2H,1H3,(H,5,6);3,5H,1H3/t21-,22?,25+,28+,34+;;;/m1.../s1. The molecule has 0 radical (unpaired) electrons. The summed E-state index contributed by atoms with van der Waals surface area (Å²) in [5.74, 6) is -6.05. The molecule has 362 valence electrons. The smallest absolute Gasteiger partial charge is 0.337 e. The highest BCUT2D eigenvalue weighted by atomic mass is 19.1. The number of ether oxygens (including phenoxy) is 2. The fraction of sp³-hybridized carbons (Fsp3) is 0.533. The Hall–Kier alpha value is -6.44. The molecule has 0 aliphatic carbocycles. The molecule has 4 unspecified atom stereocenters. The Kier molecular flexibility index (Phi) is 28.4. The fourth-order valence-electron chi connectivity index (χ4n) is 5.76. The minimum absolute atomic E-state index is 0.0439. The number of nitriles is 3. The molecule has 0 spiro atoms. The van der Waals surface area contributed by atoms with Crippen LogP contribution < -0.4 is 26.3 Å². The van der Waals surface area contributed by atoms with Gasteiger partial charge in [-0.3, -0.25) is 24.0 Å². The van der Waals surface area contributed by atoms with Gasteiger partial charge in [-0.25, -0.2) is 18.0 Å². The van der Waals surface area contributed by atoms with Crippen molar-refractivity contribution < 1.29 is 66.7 Å². The van der Waals surface area contributed by atoms with Crippen molar-refractivity contribution in [3.05, 3.63) is 47.5 Å². The Bertz CT molecular complexity index is 2030. The number of amides is 2. The molecule has 8 atom stereocenters. The van der Waals surface area contributed by atoms with E-state index in [1.807, 2.05) is 6.07 Å². The molecule has 18 nitrogen and oxygen atoms in total. The molecule has 2 amide bonds. The highest BCUT2D eigenvalue weighted by Crippen LogP contribution is 2.40. The molecule has 2 aromatic carbocycles. The molecular formula is C45H60F3N7O11. The van der Waals surface area contributed by atoms with E-state index in [9.17, 15) is 47.0 Å². The number of aliphatic hydroxyl groups is 2. The van der Waals surface area contributed by atoms with Crippen LogP contribution in [0.3, 0.4) is 0 Å². The molecule has 66 heavy (non-hydrogen) atoms. The summed E-state index contributed by atoms with van der Waals surface area (Å²) in [5, 5.41) is 52.7. The van der Waals surface area contributed by atoms with Gasteiger partial charge >= 0.3 is 5.97 Å². The van der Waals surface area contributed by atoms with Crippen LogP contribution in [0, 0.1) is 45.8 Å². The number of carboxylic acid groups (broad SMARTS) is 1. The monoisotopic (exact) mass is 931 g/mol. The molecule has 1 aliphatic heterocycles.